The Hall–Kier alpha value is -1.78. The number of aliphatic carboxylic acids is 1. The standard InChI is InChI=1S/C13H16FNO3/c1-18-11-5-2-4-10(8-11)15-7-3-6-13(14,9-15)12(16)17/h2,4-5,8H,3,6-7,9H2,1H3,(H,16,17). The lowest BCUT2D eigenvalue weighted by atomic mass is 9.94. The highest BCUT2D eigenvalue weighted by Gasteiger charge is 2.42. The Morgan fingerprint density at radius 3 is 3.00 bits per heavy atom. The van der Waals surface area contributed by atoms with E-state index in [1.807, 2.05) is 12.1 Å². The Bertz CT molecular complexity index is 452. The Morgan fingerprint density at radius 2 is 2.33 bits per heavy atom. The molecule has 1 heterocycles. The number of methoxy groups -OCH3 is 1. The quantitative estimate of drug-likeness (QED) is 0.896. The van der Waals surface area contributed by atoms with Crippen molar-refractivity contribution in [3.05, 3.63) is 24.3 Å². The zero-order chi connectivity index (χ0) is 13.2. The summed E-state index contributed by atoms with van der Waals surface area (Å²) in [5, 5.41) is 8.94. The molecule has 1 fully saturated rings. The fourth-order valence-electron chi connectivity index (χ4n) is 2.21. The van der Waals surface area contributed by atoms with Crippen molar-refractivity contribution >= 4 is 11.7 Å². The van der Waals surface area contributed by atoms with Crippen LogP contribution in [-0.2, 0) is 4.79 Å². The van der Waals surface area contributed by atoms with Gasteiger partial charge in [0.15, 0.2) is 0 Å². The Labute approximate surface area is 105 Å². The van der Waals surface area contributed by atoms with E-state index < -0.39 is 11.6 Å². The third-order valence-electron chi connectivity index (χ3n) is 3.24. The van der Waals surface area contributed by atoms with Crippen molar-refractivity contribution in [1.82, 2.24) is 0 Å². The number of benzene rings is 1. The smallest absolute Gasteiger partial charge is 0.343 e. The summed E-state index contributed by atoms with van der Waals surface area (Å²) in [4.78, 5) is 12.7. The van der Waals surface area contributed by atoms with Gasteiger partial charge in [0.2, 0.25) is 5.67 Å². The highest BCUT2D eigenvalue weighted by atomic mass is 19.1. The first-order chi connectivity index (χ1) is 8.55. The second-order valence-corrected chi connectivity index (χ2v) is 4.50. The number of hydrogen-bond acceptors (Lipinski definition) is 3. The van der Waals surface area contributed by atoms with E-state index in [-0.39, 0.29) is 13.0 Å². The maximum Gasteiger partial charge on any atom is 0.343 e. The van der Waals surface area contributed by atoms with Crippen LogP contribution in [0, 0.1) is 0 Å². The number of halogens is 1. The molecule has 0 spiro atoms. The van der Waals surface area contributed by atoms with Crippen LogP contribution in [0.3, 0.4) is 0 Å². The van der Waals surface area contributed by atoms with Gasteiger partial charge in [-0.1, -0.05) is 6.07 Å². The van der Waals surface area contributed by atoms with Gasteiger partial charge in [-0.05, 0) is 25.0 Å². The van der Waals surface area contributed by atoms with E-state index in [4.69, 9.17) is 9.84 Å². The summed E-state index contributed by atoms with van der Waals surface area (Å²) < 4.78 is 19.2. The lowest BCUT2D eigenvalue weighted by Gasteiger charge is -2.36. The van der Waals surface area contributed by atoms with E-state index in [2.05, 4.69) is 0 Å². The molecule has 1 aliphatic heterocycles. The minimum Gasteiger partial charge on any atom is -0.497 e. The van der Waals surface area contributed by atoms with Crippen LogP contribution in [0.1, 0.15) is 12.8 Å². The molecule has 98 valence electrons. The molecule has 2 rings (SSSR count). The largest absolute Gasteiger partial charge is 0.497 e. The Balaban J connectivity index is 2.20. The highest BCUT2D eigenvalue weighted by Crippen LogP contribution is 2.30. The van der Waals surface area contributed by atoms with Gasteiger partial charge in [0.1, 0.15) is 5.75 Å². The molecule has 1 N–H and O–H groups in total. The molecule has 4 nitrogen and oxygen atoms in total. The number of carboxylic acid groups (broad SMARTS) is 1. The molecule has 1 aliphatic rings. The van der Waals surface area contributed by atoms with Crippen LogP contribution in [0.4, 0.5) is 10.1 Å². The van der Waals surface area contributed by atoms with Crippen molar-refractivity contribution in [2.24, 2.45) is 0 Å². The van der Waals surface area contributed by atoms with E-state index in [1.165, 1.54) is 0 Å². The molecular formula is C13H16FNO3. The topological polar surface area (TPSA) is 49.8 Å². The number of alkyl halides is 1. The zero-order valence-corrected chi connectivity index (χ0v) is 10.2. The lowest BCUT2D eigenvalue weighted by molar-refractivity contribution is -0.151. The monoisotopic (exact) mass is 253 g/mol. The first-order valence-electron chi connectivity index (χ1n) is 5.86. The lowest BCUT2D eigenvalue weighted by Crippen LogP contribution is -2.50. The van der Waals surface area contributed by atoms with Crippen molar-refractivity contribution in [3.8, 4) is 5.75 Å². The van der Waals surface area contributed by atoms with Gasteiger partial charge in [0.25, 0.3) is 0 Å². The second kappa shape index (κ2) is 4.84. The molecule has 5 heteroatoms. The number of piperidine rings is 1. The van der Waals surface area contributed by atoms with Gasteiger partial charge >= 0.3 is 5.97 Å². The summed E-state index contributed by atoms with van der Waals surface area (Å²) in [6, 6.07) is 7.22. The van der Waals surface area contributed by atoms with Crippen molar-refractivity contribution in [1.29, 1.82) is 0 Å². The Morgan fingerprint density at radius 1 is 1.56 bits per heavy atom. The van der Waals surface area contributed by atoms with E-state index in [0.717, 1.165) is 5.69 Å². The predicted molar refractivity (Wildman–Crippen MR) is 65.9 cm³/mol. The Kier molecular flexibility index (Phi) is 3.41. The molecule has 1 saturated heterocycles. The van der Waals surface area contributed by atoms with E-state index in [0.29, 0.717) is 18.7 Å². The first-order valence-corrected chi connectivity index (χ1v) is 5.86. The molecule has 0 amide bonds. The van der Waals surface area contributed by atoms with Crippen LogP contribution in [0.5, 0.6) is 5.75 Å². The number of rotatable bonds is 3. The van der Waals surface area contributed by atoms with Crippen molar-refractivity contribution in [3.63, 3.8) is 0 Å². The molecule has 0 saturated carbocycles. The molecule has 0 bridgehead atoms. The molecule has 0 aliphatic carbocycles. The van der Waals surface area contributed by atoms with Crippen molar-refractivity contribution in [2.75, 3.05) is 25.1 Å². The van der Waals surface area contributed by atoms with Gasteiger partial charge in [-0.3, -0.25) is 0 Å². The van der Waals surface area contributed by atoms with Gasteiger partial charge in [0.05, 0.1) is 13.7 Å². The number of nitrogens with zero attached hydrogens (tertiary/aromatic N) is 1. The van der Waals surface area contributed by atoms with E-state index >= 15 is 0 Å². The molecule has 18 heavy (non-hydrogen) atoms. The van der Waals surface area contributed by atoms with Gasteiger partial charge in [-0.2, -0.15) is 0 Å². The molecule has 0 aromatic heterocycles. The van der Waals surface area contributed by atoms with Gasteiger partial charge in [-0.25, -0.2) is 9.18 Å². The zero-order valence-electron chi connectivity index (χ0n) is 10.2. The summed E-state index contributed by atoms with van der Waals surface area (Å²) in [7, 11) is 1.56. The molecule has 1 aromatic carbocycles. The predicted octanol–water partition coefficient (Wildman–Crippen LogP) is 2.09. The molecular weight excluding hydrogens is 237 g/mol. The van der Waals surface area contributed by atoms with Crippen LogP contribution in [0.15, 0.2) is 24.3 Å². The summed E-state index contributed by atoms with van der Waals surface area (Å²) in [6.07, 6.45) is 0.600. The second-order valence-electron chi connectivity index (χ2n) is 4.50. The van der Waals surface area contributed by atoms with Crippen molar-refractivity contribution in [2.45, 2.75) is 18.5 Å². The number of ether oxygens (including phenoxy) is 1. The number of carbonyl (C=O) groups is 1. The van der Waals surface area contributed by atoms with Crippen LogP contribution in [-0.4, -0.2) is 36.9 Å². The van der Waals surface area contributed by atoms with Crippen LogP contribution < -0.4 is 9.64 Å². The van der Waals surface area contributed by atoms with Gasteiger partial charge < -0.3 is 14.7 Å². The fraction of sp³-hybridized carbons (Fsp3) is 0.462. The molecule has 1 atom stereocenters. The third-order valence-corrected chi connectivity index (χ3v) is 3.24. The van der Waals surface area contributed by atoms with Crippen molar-refractivity contribution < 1.29 is 19.0 Å². The molecule has 0 radical (unpaired) electrons. The van der Waals surface area contributed by atoms with Crippen LogP contribution >= 0.6 is 0 Å². The van der Waals surface area contributed by atoms with Gasteiger partial charge in [-0.15, -0.1) is 0 Å². The summed E-state index contributed by atoms with van der Waals surface area (Å²) in [5.41, 5.74) is -1.36. The summed E-state index contributed by atoms with van der Waals surface area (Å²) >= 11 is 0. The average Bonchev–Trinajstić information content (AvgIpc) is 2.39. The normalized spacial score (nSPS) is 23.8. The van der Waals surface area contributed by atoms with Crippen LogP contribution in [0.25, 0.3) is 0 Å². The number of anilines is 1. The number of carboxylic acids is 1. The van der Waals surface area contributed by atoms with Gasteiger partial charge in [0, 0.05) is 18.3 Å². The highest BCUT2D eigenvalue weighted by molar-refractivity contribution is 5.78. The minimum atomic E-state index is -2.15. The van der Waals surface area contributed by atoms with E-state index in [9.17, 15) is 9.18 Å². The minimum absolute atomic E-state index is 0.0722. The van der Waals surface area contributed by atoms with E-state index in [1.54, 1.807) is 24.1 Å². The maximum absolute atomic E-state index is 14.1. The maximum atomic E-state index is 14.1. The SMILES string of the molecule is COc1cccc(N2CCCC(F)(C(=O)O)C2)c1. The van der Waals surface area contributed by atoms with Crippen LogP contribution in [0.2, 0.25) is 0 Å². The molecule has 1 unspecified atom stereocenters. The molecule has 1 aromatic rings. The summed E-state index contributed by atoms with van der Waals surface area (Å²) in [6.45, 7) is 0.543. The number of hydrogen-bond donors (Lipinski definition) is 1. The first kappa shape index (κ1) is 12.7. The summed E-state index contributed by atoms with van der Waals surface area (Å²) in [5.74, 6) is -0.701. The fourth-order valence-corrected chi connectivity index (χ4v) is 2.21. The third kappa shape index (κ3) is 2.39. The average molecular weight is 253 g/mol.